The molecule has 0 unspecified atom stereocenters. The van der Waals surface area contributed by atoms with E-state index < -0.39 is 0 Å². The summed E-state index contributed by atoms with van der Waals surface area (Å²) in [5.41, 5.74) is 11.3. The number of nitrogen functional groups attached to an aromatic ring is 1. The largest absolute Gasteiger partial charge is 0.399 e. The van der Waals surface area contributed by atoms with Crippen LogP contribution < -0.4 is 21.7 Å². The molecule has 0 spiro atoms. The summed E-state index contributed by atoms with van der Waals surface area (Å²) < 4.78 is 0. The number of imidazole rings is 1. The van der Waals surface area contributed by atoms with Gasteiger partial charge in [-0.15, -0.1) is 0 Å². The van der Waals surface area contributed by atoms with E-state index in [9.17, 15) is 9.59 Å². The minimum Gasteiger partial charge on any atom is -0.399 e. The van der Waals surface area contributed by atoms with Crippen molar-refractivity contribution in [1.82, 2.24) is 19.9 Å². The van der Waals surface area contributed by atoms with Crippen molar-refractivity contribution in [2.24, 2.45) is 0 Å². The zero-order chi connectivity index (χ0) is 25.9. The molecule has 2 heterocycles. The van der Waals surface area contributed by atoms with E-state index in [1.807, 2.05) is 26.0 Å². The van der Waals surface area contributed by atoms with Gasteiger partial charge in [0.1, 0.15) is 5.82 Å². The maximum Gasteiger partial charge on any atom is 0.256 e. The van der Waals surface area contributed by atoms with Gasteiger partial charge in [0, 0.05) is 28.2 Å². The summed E-state index contributed by atoms with van der Waals surface area (Å²) in [6.45, 7) is 3.68. The predicted molar refractivity (Wildman–Crippen MR) is 144 cm³/mol. The number of hydrogen-bond acceptors (Lipinski definition) is 7. The number of carbonyl (C=O) groups excluding carboxylic acids is 2. The average Bonchev–Trinajstić information content (AvgIpc) is 3.25. The van der Waals surface area contributed by atoms with Crippen LogP contribution in [0.15, 0.2) is 73.1 Å². The lowest BCUT2D eigenvalue weighted by Crippen LogP contribution is -2.16. The molecule has 0 saturated carbocycles. The lowest BCUT2D eigenvalue weighted by atomic mass is 10.1. The maximum atomic E-state index is 13.0. The molecule has 0 saturated heterocycles. The number of carbonyl (C=O) groups is 2. The van der Waals surface area contributed by atoms with Gasteiger partial charge in [-0.1, -0.05) is 12.1 Å². The Morgan fingerprint density at radius 3 is 2.41 bits per heavy atom. The molecule has 2 aromatic heterocycles. The smallest absolute Gasteiger partial charge is 0.256 e. The lowest BCUT2D eigenvalue weighted by Gasteiger charge is -2.11. The molecule has 6 N–H and O–H groups in total. The third-order valence-electron chi connectivity index (χ3n) is 5.66. The van der Waals surface area contributed by atoms with Crippen LogP contribution in [-0.2, 0) is 0 Å². The van der Waals surface area contributed by atoms with Crippen molar-refractivity contribution in [2.45, 2.75) is 13.8 Å². The molecule has 0 aliphatic rings. The predicted octanol–water partition coefficient (Wildman–Crippen LogP) is 4.80. The molecule has 10 heteroatoms. The standard InChI is InChI=1S/C27H24N8O2/c1-15-6-8-20(33-25(36)17-7-9-23-24(10-17)32-16(2)31-23)12-22(15)26(37)34-21-13-29-27(30-14-21)35-19-5-3-4-18(28)11-19/h3-14H,28H2,1-2H3,(H,31,32)(H,33,36)(H,34,37)(H,29,30,35). The minimum absolute atomic E-state index is 0.291. The highest BCUT2D eigenvalue weighted by Crippen LogP contribution is 2.20. The van der Waals surface area contributed by atoms with E-state index in [1.54, 1.807) is 48.5 Å². The molecule has 0 radical (unpaired) electrons. The van der Waals surface area contributed by atoms with Gasteiger partial charge in [0.15, 0.2) is 0 Å². The van der Waals surface area contributed by atoms with Crippen LogP contribution in [0.25, 0.3) is 11.0 Å². The van der Waals surface area contributed by atoms with Crippen LogP contribution in [0.1, 0.15) is 32.1 Å². The number of aryl methyl sites for hydroxylation is 2. The Hall–Kier alpha value is -5.25. The van der Waals surface area contributed by atoms with Gasteiger partial charge >= 0.3 is 0 Å². The number of aromatic nitrogens is 4. The Bertz CT molecular complexity index is 1630. The first-order chi connectivity index (χ1) is 17.8. The highest BCUT2D eigenvalue weighted by atomic mass is 16.2. The average molecular weight is 493 g/mol. The second-order valence-electron chi connectivity index (χ2n) is 8.54. The fourth-order valence-electron chi connectivity index (χ4n) is 3.83. The monoisotopic (exact) mass is 492 g/mol. The maximum absolute atomic E-state index is 13.0. The van der Waals surface area contributed by atoms with E-state index in [1.165, 1.54) is 12.4 Å². The number of H-pyrrole nitrogens is 1. The number of nitrogens with one attached hydrogen (secondary N) is 4. The Morgan fingerprint density at radius 1 is 0.838 bits per heavy atom. The molecule has 3 aromatic carbocycles. The highest BCUT2D eigenvalue weighted by Gasteiger charge is 2.14. The van der Waals surface area contributed by atoms with Crippen molar-refractivity contribution < 1.29 is 9.59 Å². The number of aromatic amines is 1. The molecule has 37 heavy (non-hydrogen) atoms. The van der Waals surface area contributed by atoms with Crippen molar-refractivity contribution in [3.05, 3.63) is 95.6 Å². The number of rotatable bonds is 6. The Kier molecular flexibility index (Phi) is 6.21. The lowest BCUT2D eigenvalue weighted by molar-refractivity contribution is 0.101. The van der Waals surface area contributed by atoms with Gasteiger partial charge in [0.2, 0.25) is 5.95 Å². The van der Waals surface area contributed by atoms with Crippen LogP contribution in [-0.4, -0.2) is 31.8 Å². The van der Waals surface area contributed by atoms with Gasteiger partial charge in [-0.25, -0.2) is 15.0 Å². The number of nitrogens with zero attached hydrogens (tertiary/aromatic N) is 3. The SMILES string of the molecule is Cc1nc2ccc(C(=O)Nc3ccc(C)c(C(=O)Nc4cnc(Nc5cccc(N)c5)nc4)c3)cc2[nH]1. The second kappa shape index (κ2) is 9.78. The van der Waals surface area contributed by atoms with Crippen LogP contribution >= 0.6 is 0 Å². The number of amides is 2. The number of fused-ring (bicyclic) bond motifs is 1. The molecule has 5 aromatic rings. The van der Waals surface area contributed by atoms with Crippen molar-refractivity contribution in [3.8, 4) is 0 Å². The summed E-state index contributed by atoms with van der Waals surface area (Å²) in [6, 6.07) is 17.6. The summed E-state index contributed by atoms with van der Waals surface area (Å²) >= 11 is 0. The molecule has 0 aliphatic heterocycles. The van der Waals surface area contributed by atoms with E-state index in [4.69, 9.17) is 5.73 Å². The topological polar surface area (TPSA) is 151 Å². The van der Waals surface area contributed by atoms with Crippen LogP contribution in [0.2, 0.25) is 0 Å². The number of hydrogen-bond donors (Lipinski definition) is 5. The van der Waals surface area contributed by atoms with E-state index in [2.05, 4.69) is 35.9 Å². The van der Waals surface area contributed by atoms with Gasteiger partial charge in [0.05, 0.1) is 29.1 Å². The van der Waals surface area contributed by atoms with Gasteiger partial charge < -0.3 is 26.7 Å². The first-order valence-corrected chi connectivity index (χ1v) is 11.5. The Morgan fingerprint density at radius 2 is 1.62 bits per heavy atom. The molecule has 5 rings (SSSR count). The van der Waals surface area contributed by atoms with Gasteiger partial charge in [-0.2, -0.15) is 0 Å². The van der Waals surface area contributed by atoms with Crippen LogP contribution in [0, 0.1) is 13.8 Å². The van der Waals surface area contributed by atoms with Crippen LogP contribution in [0.3, 0.4) is 0 Å². The van der Waals surface area contributed by atoms with Gasteiger partial charge in [0.25, 0.3) is 11.8 Å². The summed E-state index contributed by atoms with van der Waals surface area (Å²) in [6.07, 6.45) is 3.02. The molecule has 184 valence electrons. The molecular weight excluding hydrogens is 468 g/mol. The fourth-order valence-corrected chi connectivity index (χ4v) is 3.83. The number of anilines is 5. The third kappa shape index (κ3) is 5.38. The number of nitrogens with two attached hydrogens (primary N) is 1. The molecular formula is C27H24N8O2. The molecule has 0 fully saturated rings. The second-order valence-corrected chi connectivity index (χ2v) is 8.54. The summed E-state index contributed by atoms with van der Waals surface area (Å²) in [5.74, 6) is 0.511. The number of benzene rings is 3. The van der Waals surface area contributed by atoms with Gasteiger partial charge in [-0.05, 0) is 67.9 Å². The molecule has 2 amide bonds. The first-order valence-electron chi connectivity index (χ1n) is 11.5. The summed E-state index contributed by atoms with van der Waals surface area (Å²) in [4.78, 5) is 41.8. The molecule has 10 nitrogen and oxygen atoms in total. The zero-order valence-electron chi connectivity index (χ0n) is 20.2. The van der Waals surface area contributed by atoms with E-state index in [0.29, 0.717) is 34.1 Å². The summed E-state index contributed by atoms with van der Waals surface area (Å²) in [5, 5.41) is 8.71. The van der Waals surface area contributed by atoms with Crippen molar-refractivity contribution in [2.75, 3.05) is 21.7 Å². The van der Waals surface area contributed by atoms with Crippen molar-refractivity contribution >= 4 is 51.5 Å². The summed E-state index contributed by atoms with van der Waals surface area (Å²) in [7, 11) is 0. The van der Waals surface area contributed by atoms with E-state index in [0.717, 1.165) is 28.1 Å². The molecule has 0 aliphatic carbocycles. The highest BCUT2D eigenvalue weighted by molar-refractivity contribution is 6.08. The van der Waals surface area contributed by atoms with Crippen molar-refractivity contribution in [1.29, 1.82) is 0 Å². The zero-order valence-corrected chi connectivity index (χ0v) is 20.2. The van der Waals surface area contributed by atoms with Crippen LogP contribution in [0.4, 0.5) is 28.7 Å². The van der Waals surface area contributed by atoms with E-state index >= 15 is 0 Å². The van der Waals surface area contributed by atoms with E-state index in [-0.39, 0.29) is 11.8 Å². The van der Waals surface area contributed by atoms with Gasteiger partial charge in [-0.3, -0.25) is 9.59 Å². The Labute approximate surface area is 212 Å². The van der Waals surface area contributed by atoms with Crippen LogP contribution in [0.5, 0.6) is 0 Å². The van der Waals surface area contributed by atoms with Crippen molar-refractivity contribution in [3.63, 3.8) is 0 Å². The fraction of sp³-hybridized carbons (Fsp3) is 0.0741. The third-order valence-corrected chi connectivity index (χ3v) is 5.66. The normalized spacial score (nSPS) is 10.8. The minimum atomic E-state index is -0.344. The molecule has 0 atom stereocenters. The Balaban J connectivity index is 1.27. The quantitative estimate of drug-likeness (QED) is 0.214. The first kappa shape index (κ1) is 23.5. The molecule has 0 bridgehead atoms.